The van der Waals surface area contributed by atoms with Crippen molar-refractivity contribution in [3.8, 4) is 0 Å². The Kier molecular flexibility index (Phi) is 5.18. The smallest absolute Gasteiger partial charge is 0.0701 e. The predicted octanol–water partition coefficient (Wildman–Crippen LogP) is 3.57. The van der Waals surface area contributed by atoms with E-state index in [0.29, 0.717) is 6.54 Å². The Balaban J connectivity index is 1.97. The SMILES string of the molecule is OCCN(Cc1cccs1)Cc1ccc(Br)s1. The van der Waals surface area contributed by atoms with Crippen LogP contribution in [0.3, 0.4) is 0 Å². The van der Waals surface area contributed by atoms with Crippen molar-refractivity contribution in [2.75, 3.05) is 13.2 Å². The molecule has 0 atom stereocenters. The quantitative estimate of drug-likeness (QED) is 0.874. The molecule has 0 aliphatic heterocycles. The first-order valence-electron chi connectivity index (χ1n) is 5.38. The van der Waals surface area contributed by atoms with Crippen LogP contribution in [-0.4, -0.2) is 23.2 Å². The van der Waals surface area contributed by atoms with Crippen molar-refractivity contribution in [3.63, 3.8) is 0 Å². The maximum absolute atomic E-state index is 9.10. The second-order valence-electron chi connectivity index (χ2n) is 3.72. The second-order valence-corrected chi connectivity index (χ2v) is 7.30. The molecular formula is C12H14BrNOS2. The van der Waals surface area contributed by atoms with Gasteiger partial charge in [0, 0.05) is 29.4 Å². The third-order valence-corrected chi connectivity index (χ3v) is 4.85. The van der Waals surface area contributed by atoms with Crippen molar-refractivity contribution in [1.82, 2.24) is 4.90 Å². The summed E-state index contributed by atoms with van der Waals surface area (Å²) in [5.74, 6) is 0. The summed E-state index contributed by atoms with van der Waals surface area (Å²) in [6.45, 7) is 2.73. The number of halogens is 1. The summed E-state index contributed by atoms with van der Waals surface area (Å²) in [5, 5.41) is 11.2. The van der Waals surface area contributed by atoms with Crippen LogP contribution in [0.1, 0.15) is 9.75 Å². The summed E-state index contributed by atoms with van der Waals surface area (Å²) in [4.78, 5) is 4.93. The van der Waals surface area contributed by atoms with Crippen molar-refractivity contribution < 1.29 is 5.11 Å². The van der Waals surface area contributed by atoms with E-state index in [2.05, 4.69) is 50.5 Å². The van der Waals surface area contributed by atoms with Gasteiger partial charge < -0.3 is 5.11 Å². The molecule has 1 N–H and O–H groups in total. The highest BCUT2D eigenvalue weighted by atomic mass is 79.9. The molecule has 0 aliphatic rings. The highest BCUT2D eigenvalue weighted by molar-refractivity contribution is 9.11. The predicted molar refractivity (Wildman–Crippen MR) is 77.5 cm³/mol. The van der Waals surface area contributed by atoms with Gasteiger partial charge in [-0.2, -0.15) is 0 Å². The number of aliphatic hydroxyl groups is 1. The standard InChI is InChI=1S/C12H14BrNOS2/c13-12-4-3-11(17-12)9-14(5-6-15)8-10-2-1-7-16-10/h1-4,7,15H,5-6,8-9H2. The van der Waals surface area contributed by atoms with Gasteiger partial charge in [-0.05, 0) is 39.5 Å². The average Bonchev–Trinajstić information content (AvgIpc) is 2.91. The topological polar surface area (TPSA) is 23.5 Å². The number of thiophene rings is 2. The third-order valence-electron chi connectivity index (χ3n) is 2.38. The zero-order valence-electron chi connectivity index (χ0n) is 9.30. The molecule has 0 saturated heterocycles. The van der Waals surface area contributed by atoms with E-state index in [0.717, 1.165) is 16.9 Å². The fraction of sp³-hybridized carbons (Fsp3) is 0.333. The van der Waals surface area contributed by atoms with Crippen LogP contribution < -0.4 is 0 Å². The van der Waals surface area contributed by atoms with Gasteiger partial charge in [-0.25, -0.2) is 0 Å². The van der Waals surface area contributed by atoms with Gasteiger partial charge in [0.25, 0.3) is 0 Å². The van der Waals surface area contributed by atoms with Gasteiger partial charge >= 0.3 is 0 Å². The van der Waals surface area contributed by atoms with E-state index in [-0.39, 0.29) is 6.61 Å². The van der Waals surface area contributed by atoms with E-state index >= 15 is 0 Å². The molecule has 0 spiro atoms. The van der Waals surface area contributed by atoms with Crippen molar-refractivity contribution >= 4 is 38.6 Å². The van der Waals surface area contributed by atoms with E-state index < -0.39 is 0 Å². The number of aliphatic hydroxyl groups excluding tert-OH is 1. The lowest BCUT2D eigenvalue weighted by atomic mass is 10.3. The summed E-state index contributed by atoms with van der Waals surface area (Å²) in [7, 11) is 0. The molecule has 2 heterocycles. The summed E-state index contributed by atoms with van der Waals surface area (Å²) >= 11 is 6.99. The van der Waals surface area contributed by atoms with Crippen LogP contribution in [0.4, 0.5) is 0 Å². The maximum Gasteiger partial charge on any atom is 0.0701 e. The molecule has 0 saturated carbocycles. The van der Waals surface area contributed by atoms with E-state index in [1.165, 1.54) is 9.75 Å². The Labute approximate surface area is 118 Å². The molecule has 2 aromatic rings. The van der Waals surface area contributed by atoms with Crippen LogP contribution in [0.25, 0.3) is 0 Å². The van der Waals surface area contributed by atoms with Crippen LogP contribution in [-0.2, 0) is 13.1 Å². The van der Waals surface area contributed by atoms with Crippen LogP contribution in [0.5, 0.6) is 0 Å². The largest absolute Gasteiger partial charge is 0.395 e. The minimum absolute atomic E-state index is 0.206. The van der Waals surface area contributed by atoms with Gasteiger partial charge in [-0.1, -0.05) is 6.07 Å². The lowest BCUT2D eigenvalue weighted by Gasteiger charge is -2.19. The summed E-state index contributed by atoms with van der Waals surface area (Å²) in [6, 6.07) is 8.41. The number of hydrogen-bond acceptors (Lipinski definition) is 4. The van der Waals surface area contributed by atoms with Crippen molar-refractivity contribution in [2.24, 2.45) is 0 Å². The summed E-state index contributed by atoms with van der Waals surface area (Å²) in [5.41, 5.74) is 0. The van der Waals surface area contributed by atoms with E-state index in [1.54, 1.807) is 22.7 Å². The molecule has 2 rings (SSSR count). The molecule has 2 nitrogen and oxygen atoms in total. The van der Waals surface area contributed by atoms with Crippen molar-refractivity contribution in [1.29, 1.82) is 0 Å². The Hall–Kier alpha value is -0.200. The number of rotatable bonds is 6. The highest BCUT2D eigenvalue weighted by Crippen LogP contribution is 2.24. The first kappa shape index (κ1) is 13.2. The Morgan fingerprint density at radius 3 is 2.59 bits per heavy atom. The molecule has 0 radical (unpaired) electrons. The first-order valence-corrected chi connectivity index (χ1v) is 7.86. The third kappa shape index (κ3) is 4.19. The van der Waals surface area contributed by atoms with Crippen LogP contribution >= 0.6 is 38.6 Å². The minimum Gasteiger partial charge on any atom is -0.395 e. The summed E-state index contributed by atoms with van der Waals surface area (Å²) < 4.78 is 1.16. The Bertz CT molecular complexity index is 441. The van der Waals surface area contributed by atoms with Gasteiger partial charge in [0.05, 0.1) is 10.4 Å². The lowest BCUT2D eigenvalue weighted by Crippen LogP contribution is -2.25. The highest BCUT2D eigenvalue weighted by Gasteiger charge is 2.08. The molecule has 5 heteroatoms. The fourth-order valence-corrected chi connectivity index (χ4v) is 3.91. The van der Waals surface area contributed by atoms with Gasteiger partial charge in [-0.15, -0.1) is 22.7 Å². The molecule has 17 heavy (non-hydrogen) atoms. The van der Waals surface area contributed by atoms with Gasteiger partial charge in [0.1, 0.15) is 0 Å². The number of hydrogen-bond donors (Lipinski definition) is 1. The van der Waals surface area contributed by atoms with Crippen molar-refractivity contribution in [2.45, 2.75) is 13.1 Å². The second kappa shape index (κ2) is 6.66. The van der Waals surface area contributed by atoms with Gasteiger partial charge in [-0.3, -0.25) is 4.90 Å². The average molecular weight is 332 g/mol. The van der Waals surface area contributed by atoms with Gasteiger partial charge in [0.15, 0.2) is 0 Å². The monoisotopic (exact) mass is 331 g/mol. The normalized spacial score (nSPS) is 11.2. The van der Waals surface area contributed by atoms with E-state index in [4.69, 9.17) is 5.11 Å². The molecule has 0 amide bonds. The zero-order chi connectivity index (χ0) is 12.1. The van der Waals surface area contributed by atoms with E-state index in [9.17, 15) is 0 Å². The zero-order valence-corrected chi connectivity index (χ0v) is 12.5. The molecule has 0 unspecified atom stereocenters. The van der Waals surface area contributed by atoms with Crippen molar-refractivity contribution in [3.05, 3.63) is 43.2 Å². The molecular weight excluding hydrogens is 318 g/mol. The molecule has 0 bridgehead atoms. The van der Waals surface area contributed by atoms with Crippen LogP contribution in [0.15, 0.2) is 33.4 Å². The summed E-state index contributed by atoms with van der Waals surface area (Å²) in [6.07, 6.45) is 0. The molecule has 0 aliphatic carbocycles. The van der Waals surface area contributed by atoms with E-state index in [1.807, 2.05) is 0 Å². The van der Waals surface area contributed by atoms with Gasteiger partial charge in [0.2, 0.25) is 0 Å². The molecule has 0 aromatic carbocycles. The first-order chi connectivity index (χ1) is 8.28. The lowest BCUT2D eigenvalue weighted by molar-refractivity contribution is 0.186. The van der Waals surface area contributed by atoms with Crippen LogP contribution in [0, 0.1) is 0 Å². The minimum atomic E-state index is 0.206. The fourth-order valence-electron chi connectivity index (χ4n) is 1.64. The van der Waals surface area contributed by atoms with Crippen LogP contribution in [0.2, 0.25) is 0 Å². The maximum atomic E-state index is 9.10. The molecule has 92 valence electrons. The Morgan fingerprint density at radius 1 is 1.18 bits per heavy atom. The molecule has 2 aromatic heterocycles. The molecule has 0 fully saturated rings. The Morgan fingerprint density at radius 2 is 2.00 bits per heavy atom. The number of nitrogens with zero attached hydrogens (tertiary/aromatic N) is 1.